The summed E-state index contributed by atoms with van der Waals surface area (Å²) < 4.78 is 40.0. The first-order chi connectivity index (χ1) is 22.7. The number of fused-ring (bicyclic) bond motifs is 4. The van der Waals surface area contributed by atoms with Crippen LogP contribution in [0, 0.1) is 23.7 Å². The highest BCUT2D eigenvalue weighted by Crippen LogP contribution is 2.64. The maximum absolute atomic E-state index is 15.0. The van der Waals surface area contributed by atoms with E-state index >= 15 is 4.79 Å². The number of phenols is 1. The van der Waals surface area contributed by atoms with E-state index in [4.69, 9.17) is 34.8 Å². The quantitative estimate of drug-likeness (QED) is 0.237. The number of benzene rings is 2. The number of phenolic OH excluding ortho intramolecular Hbond substituents is 1. The molecule has 9 nitrogen and oxygen atoms in total. The van der Waals surface area contributed by atoms with Gasteiger partial charge in [0.1, 0.15) is 5.75 Å². The summed E-state index contributed by atoms with van der Waals surface area (Å²) in [5, 5.41) is 10.9. The number of halogens is 6. The first-order valence-corrected chi connectivity index (χ1v) is 15.9. The SMILES string of the molecule is CN1C(=O)[C@H]2[C@H](CC=C3[C@H]2C[C@H]2C(=O)N(Nc4ncc(C(F)(F)F)cc4Cl)C(=O)[C@@]2(c2ccc(Cl)cc2)[C@H]3c2ccc(O)cc2Cl)C1=O. The number of aromatic nitrogens is 1. The van der Waals surface area contributed by atoms with Gasteiger partial charge in [0.15, 0.2) is 5.82 Å². The minimum absolute atomic E-state index is 0.0222. The van der Waals surface area contributed by atoms with Gasteiger partial charge in [-0.3, -0.25) is 29.5 Å². The van der Waals surface area contributed by atoms with Crippen LogP contribution in [0.5, 0.6) is 5.75 Å². The lowest BCUT2D eigenvalue weighted by atomic mass is 9.49. The number of likely N-dealkylation sites (tertiary alicyclic amines) is 1. The number of allylic oxidation sites excluding steroid dienone is 2. The van der Waals surface area contributed by atoms with E-state index in [2.05, 4.69) is 10.4 Å². The van der Waals surface area contributed by atoms with Crippen molar-refractivity contribution in [3.8, 4) is 5.75 Å². The molecule has 6 atom stereocenters. The second kappa shape index (κ2) is 11.2. The van der Waals surface area contributed by atoms with Gasteiger partial charge < -0.3 is 5.11 Å². The second-order valence-electron chi connectivity index (χ2n) is 12.4. The molecule has 0 unspecified atom stereocenters. The summed E-state index contributed by atoms with van der Waals surface area (Å²) >= 11 is 19.2. The smallest absolute Gasteiger partial charge is 0.417 e. The molecule has 3 fully saturated rings. The molecule has 2 aromatic carbocycles. The van der Waals surface area contributed by atoms with E-state index in [0.29, 0.717) is 39.0 Å². The van der Waals surface area contributed by atoms with Crippen molar-refractivity contribution < 1.29 is 37.5 Å². The Labute approximate surface area is 286 Å². The van der Waals surface area contributed by atoms with Gasteiger partial charge in [0, 0.05) is 29.2 Å². The summed E-state index contributed by atoms with van der Waals surface area (Å²) in [4.78, 5) is 61.1. The highest BCUT2D eigenvalue weighted by Gasteiger charge is 2.70. The minimum Gasteiger partial charge on any atom is -0.508 e. The Kier molecular flexibility index (Phi) is 7.57. The van der Waals surface area contributed by atoms with Crippen molar-refractivity contribution in [2.45, 2.75) is 30.4 Å². The van der Waals surface area contributed by atoms with Crippen molar-refractivity contribution in [2.24, 2.45) is 23.7 Å². The van der Waals surface area contributed by atoms with E-state index in [1.54, 1.807) is 30.3 Å². The monoisotopic (exact) mass is 718 g/mol. The molecule has 2 N–H and O–H groups in total. The van der Waals surface area contributed by atoms with Crippen molar-refractivity contribution in [3.05, 3.63) is 98.1 Å². The highest BCUT2D eigenvalue weighted by atomic mass is 35.5. The molecule has 1 saturated carbocycles. The number of pyridine rings is 1. The fourth-order valence-corrected chi connectivity index (χ4v) is 8.65. The van der Waals surface area contributed by atoms with Crippen LogP contribution in [0.15, 0.2) is 66.4 Å². The van der Waals surface area contributed by atoms with Gasteiger partial charge in [0.25, 0.3) is 11.8 Å². The van der Waals surface area contributed by atoms with E-state index in [0.717, 1.165) is 4.90 Å². The van der Waals surface area contributed by atoms with Crippen molar-refractivity contribution >= 4 is 64.2 Å². The van der Waals surface area contributed by atoms with E-state index in [-0.39, 0.29) is 35.3 Å². The van der Waals surface area contributed by atoms with Crippen LogP contribution in [-0.2, 0) is 30.8 Å². The minimum atomic E-state index is -4.74. The Hall–Kier alpha value is -4.13. The third-order valence-corrected chi connectivity index (χ3v) is 10.9. The number of carbonyl (C=O) groups excluding carboxylic acids is 4. The molecule has 0 radical (unpaired) electrons. The standard InChI is InChI=1S/C33H24Cl3F3N4O5/c1-42-28(45)20-9-8-18-21(25(20)30(42)47)12-22-29(46)43(41-27-24(36)10-15(13-40-27)33(37,38)39)31(48)32(22,14-2-4-16(34)5-3-14)26(18)19-7-6-17(44)11-23(19)35/h2-8,10-11,13,20-22,25-26,44H,9,12H2,1H3,(H,40,41)/t20-,21+,22-,25-,26+,32+/m0/s1. The second-order valence-corrected chi connectivity index (χ2v) is 13.6. The van der Waals surface area contributed by atoms with Crippen LogP contribution in [0.3, 0.4) is 0 Å². The van der Waals surface area contributed by atoms with Gasteiger partial charge in [-0.1, -0.05) is 64.7 Å². The zero-order chi connectivity index (χ0) is 34.4. The van der Waals surface area contributed by atoms with Gasteiger partial charge in [0.2, 0.25) is 11.8 Å². The number of anilines is 1. The molecule has 7 rings (SSSR count). The predicted molar refractivity (Wildman–Crippen MR) is 168 cm³/mol. The number of amides is 4. The molecule has 3 heterocycles. The van der Waals surface area contributed by atoms with Crippen LogP contribution < -0.4 is 5.43 Å². The first kappa shape index (κ1) is 32.4. The molecular formula is C33H24Cl3F3N4O5. The summed E-state index contributed by atoms with van der Waals surface area (Å²) in [6.45, 7) is 0. The number of nitrogens with one attached hydrogen (secondary N) is 1. The lowest BCUT2D eigenvalue weighted by Crippen LogP contribution is -2.53. The molecule has 3 aromatic rings. The molecule has 0 spiro atoms. The highest BCUT2D eigenvalue weighted by molar-refractivity contribution is 6.33. The summed E-state index contributed by atoms with van der Waals surface area (Å²) in [6.07, 6.45) is -2.20. The van der Waals surface area contributed by atoms with Crippen molar-refractivity contribution in [3.63, 3.8) is 0 Å². The van der Waals surface area contributed by atoms with E-state index in [1.807, 2.05) is 6.08 Å². The summed E-state index contributed by atoms with van der Waals surface area (Å²) in [5.41, 5.74) is 1.09. The van der Waals surface area contributed by atoms with Gasteiger partial charge in [0.05, 0.1) is 33.8 Å². The number of hydrazine groups is 1. The number of hydrogen-bond acceptors (Lipinski definition) is 7. The Bertz CT molecular complexity index is 1960. The third kappa shape index (κ3) is 4.63. The summed E-state index contributed by atoms with van der Waals surface area (Å²) in [6, 6.07) is 11.2. The van der Waals surface area contributed by atoms with Gasteiger partial charge in [-0.05, 0) is 60.2 Å². The van der Waals surface area contributed by atoms with Gasteiger partial charge >= 0.3 is 6.18 Å². The van der Waals surface area contributed by atoms with Crippen LogP contribution in [0.25, 0.3) is 0 Å². The fourth-order valence-electron chi connectivity index (χ4n) is 8.03. The first-order valence-electron chi connectivity index (χ1n) is 14.8. The summed E-state index contributed by atoms with van der Waals surface area (Å²) in [7, 11) is 1.41. The molecule has 4 amide bonds. The third-order valence-electron chi connectivity index (χ3n) is 10.1. The molecule has 15 heteroatoms. The zero-order valence-corrected chi connectivity index (χ0v) is 27.0. The van der Waals surface area contributed by atoms with E-state index in [1.165, 1.54) is 19.2 Å². The maximum Gasteiger partial charge on any atom is 0.417 e. The Morgan fingerprint density at radius 1 is 0.938 bits per heavy atom. The fraction of sp³-hybridized carbons (Fsp3) is 0.303. The predicted octanol–water partition coefficient (Wildman–Crippen LogP) is 6.38. The van der Waals surface area contributed by atoms with Crippen LogP contribution in [-0.4, -0.2) is 50.7 Å². The van der Waals surface area contributed by atoms with Gasteiger partial charge in [-0.2, -0.15) is 18.2 Å². The Morgan fingerprint density at radius 2 is 1.65 bits per heavy atom. The molecule has 48 heavy (non-hydrogen) atoms. The normalized spacial score (nSPS) is 28.3. The molecule has 2 saturated heterocycles. The molecule has 4 aliphatic rings. The zero-order valence-electron chi connectivity index (χ0n) is 24.8. The number of hydrogen-bond donors (Lipinski definition) is 2. The summed E-state index contributed by atoms with van der Waals surface area (Å²) in [5.74, 6) is -7.08. The number of rotatable bonds is 4. The van der Waals surface area contributed by atoms with Gasteiger partial charge in [-0.15, -0.1) is 0 Å². The number of alkyl halides is 3. The van der Waals surface area contributed by atoms with Crippen molar-refractivity contribution in [2.75, 3.05) is 12.5 Å². The van der Waals surface area contributed by atoms with E-state index in [9.17, 15) is 32.7 Å². The van der Waals surface area contributed by atoms with Crippen LogP contribution in [0.1, 0.15) is 35.4 Å². The van der Waals surface area contributed by atoms with Crippen molar-refractivity contribution in [1.29, 1.82) is 0 Å². The maximum atomic E-state index is 15.0. The topological polar surface area (TPSA) is 120 Å². The number of imide groups is 2. The van der Waals surface area contributed by atoms with Gasteiger partial charge in [-0.25, -0.2) is 4.98 Å². The molecule has 248 valence electrons. The molecule has 1 aromatic heterocycles. The lowest BCUT2D eigenvalue weighted by molar-refractivity contribution is -0.140. The molecular weight excluding hydrogens is 696 g/mol. The average molecular weight is 720 g/mol. The Balaban J connectivity index is 1.45. The van der Waals surface area contributed by atoms with E-state index < -0.39 is 69.5 Å². The molecule has 2 aliphatic heterocycles. The van der Waals surface area contributed by atoms with Crippen LogP contribution in [0.4, 0.5) is 19.0 Å². The largest absolute Gasteiger partial charge is 0.508 e. The molecule has 0 bridgehead atoms. The lowest BCUT2D eigenvalue weighted by Gasteiger charge is -2.50. The number of carbonyl (C=O) groups is 4. The number of nitrogens with zero attached hydrogens (tertiary/aromatic N) is 3. The Morgan fingerprint density at radius 3 is 2.29 bits per heavy atom. The average Bonchev–Trinajstić information content (AvgIpc) is 3.38. The molecule has 2 aliphatic carbocycles. The van der Waals surface area contributed by atoms with Crippen LogP contribution in [0.2, 0.25) is 15.1 Å². The van der Waals surface area contributed by atoms with Crippen LogP contribution >= 0.6 is 34.8 Å². The van der Waals surface area contributed by atoms with Crippen molar-refractivity contribution in [1.82, 2.24) is 14.9 Å². The number of aromatic hydroxyl groups is 1.